The van der Waals surface area contributed by atoms with Gasteiger partial charge in [-0.05, 0) is 12.1 Å². The van der Waals surface area contributed by atoms with Crippen LogP contribution < -0.4 is 0 Å². The Morgan fingerprint density at radius 2 is 1.03 bits per heavy atom. The molecule has 30 heavy (non-hydrogen) atoms. The van der Waals surface area contributed by atoms with Crippen molar-refractivity contribution in [3.05, 3.63) is 56.9 Å². The number of rotatable bonds is 4. The molecule has 0 aromatic carbocycles. The fourth-order valence-electron chi connectivity index (χ4n) is 1.42. The zero-order chi connectivity index (χ0) is 23.9. The lowest BCUT2D eigenvalue weighted by molar-refractivity contribution is -0.385. The molecule has 172 valence electrons. The molecule has 2 aromatic rings. The third-order valence-corrected chi connectivity index (χ3v) is 5.19. The molecule has 0 bridgehead atoms. The fraction of sp³-hybridized carbons (Fsp3) is 0. The maximum Gasteiger partial charge on any atom is 0.325 e. The molecule has 2 rings (SSSR count). The summed E-state index contributed by atoms with van der Waals surface area (Å²) in [5.41, 5.74) is -1.47. The Morgan fingerprint density at radius 1 is 0.700 bits per heavy atom. The Balaban J connectivity index is 0.000000300. The van der Waals surface area contributed by atoms with Crippen molar-refractivity contribution in [3.63, 3.8) is 0 Å². The van der Waals surface area contributed by atoms with Crippen LogP contribution in [0.15, 0.2) is 46.7 Å². The molecule has 0 spiro atoms. The molecule has 0 radical (unpaired) electrons. The highest BCUT2D eigenvalue weighted by Crippen LogP contribution is 3.04. The predicted octanol–water partition coefficient (Wildman–Crippen LogP) is 7.56. The standard InChI is InChI=1S/C5H3ClF4N2O2S.C5H3F5N2O2S/c2*6-15(7,8,9,10)5-2-1-4(3-11-5)12(13)14/h2*1-3H. The molecule has 0 N–H and O–H groups in total. The van der Waals surface area contributed by atoms with Gasteiger partial charge in [0.15, 0.2) is 10.1 Å². The topological polar surface area (TPSA) is 112 Å². The van der Waals surface area contributed by atoms with E-state index in [9.17, 15) is 55.2 Å². The largest absolute Gasteiger partial charge is 0.325 e. The molecule has 20 heteroatoms. The summed E-state index contributed by atoms with van der Waals surface area (Å²) in [5, 5.41) is 15.8. The predicted molar refractivity (Wildman–Crippen MR) is 89.3 cm³/mol. The van der Waals surface area contributed by atoms with Crippen LogP contribution in [0.5, 0.6) is 0 Å². The first-order valence-electron chi connectivity index (χ1n) is 6.49. The van der Waals surface area contributed by atoms with Crippen molar-refractivity contribution in [2.45, 2.75) is 10.1 Å². The van der Waals surface area contributed by atoms with E-state index in [0.29, 0.717) is 12.1 Å². The van der Waals surface area contributed by atoms with Crippen LogP contribution in [0.3, 0.4) is 0 Å². The van der Waals surface area contributed by atoms with E-state index in [1.54, 1.807) is 0 Å². The lowest BCUT2D eigenvalue weighted by atomic mass is 10.4. The van der Waals surface area contributed by atoms with Crippen LogP contribution in [0.25, 0.3) is 0 Å². The smallest absolute Gasteiger partial charge is 0.258 e. The van der Waals surface area contributed by atoms with E-state index >= 15 is 0 Å². The summed E-state index contributed by atoms with van der Waals surface area (Å²) < 4.78 is 110. The monoisotopic (exact) mass is 516 g/mol. The number of nitro groups is 2. The Hall–Kier alpha value is -2.54. The summed E-state index contributed by atoms with van der Waals surface area (Å²) in [5.74, 6) is 0. The van der Waals surface area contributed by atoms with Crippen LogP contribution in [0.2, 0.25) is 0 Å². The third kappa shape index (κ3) is 7.37. The number of halogens is 10. The summed E-state index contributed by atoms with van der Waals surface area (Å²) in [6, 6.07) is 0.815. The van der Waals surface area contributed by atoms with Crippen molar-refractivity contribution in [2.24, 2.45) is 0 Å². The van der Waals surface area contributed by atoms with Gasteiger partial charge in [-0.15, -0.1) is 15.5 Å². The molecule has 0 saturated carbocycles. The molecule has 2 heterocycles. The molecular formula is C10H6ClF9N4O4S2. The van der Waals surface area contributed by atoms with Gasteiger partial charge >= 0.3 is 10.2 Å². The van der Waals surface area contributed by atoms with Crippen molar-refractivity contribution in [1.82, 2.24) is 9.97 Å². The number of hydrogen-bond donors (Lipinski definition) is 0. The Morgan fingerprint density at radius 3 is 1.23 bits per heavy atom. The van der Waals surface area contributed by atoms with E-state index in [2.05, 4.69) is 20.7 Å². The second kappa shape index (κ2) is 6.00. The third-order valence-electron chi connectivity index (χ3n) is 2.65. The first-order valence-corrected chi connectivity index (χ1v) is 11.3. The minimum atomic E-state index is -9.82. The molecule has 0 saturated heterocycles. The lowest BCUT2D eigenvalue weighted by Gasteiger charge is -2.41. The zero-order valence-corrected chi connectivity index (χ0v) is 15.9. The molecular weight excluding hydrogens is 511 g/mol. The van der Waals surface area contributed by atoms with Gasteiger partial charge in [-0.3, -0.25) is 20.2 Å². The molecule has 8 nitrogen and oxygen atoms in total. The highest BCUT2D eigenvalue weighted by Gasteiger charge is 2.67. The number of nitrogens with zero attached hydrogens (tertiary/aromatic N) is 4. The highest BCUT2D eigenvalue weighted by atomic mass is 35.7. The van der Waals surface area contributed by atoms with Gasteiger partial charge in [-0.2, -0.15) is 0 Å². The van der Waals surface area contributed by atoms with Crippen LogP contribution in [-0.2, 0) is 0 Å². The quantitative estimate of drug-likeness (QED) is 0.235. The molecule has 0 amide bonds. The van der Waals surface area contributed by atoms with Crippen molar-refractivity contribution < 1.29 is 44.8 Å². The van der Waals surface area contributed by atoms with Crippen LogP contribution in [0, 0.1) is 20.2 Å². The van der Waals surface area contributed by atoms with Crippen molar-refractivity contribution in [2.75, 3.05) is 0 Å². The molecule has 0 aliphatic rings. The minimum absolute atomic E-state index is 0.111. The Kier molecular flexibility index (Phi) is 5.10. The molecule has 0 aliphatic carbocycles. The summed E-state index contributed by atoms with van der Waals surface area (Å²) in [6.07, 6.45) is 0.420. The van der Waals surface area contributed by atoms with E-state index in [1.807, 2.05) is 0 Å². The van der Waals surface area contributed by atoms with Crippen molar-refractivity contribution in [1.29, 1.82) is 0 Å². The fourth-order valence-corrected chi connectivity index (χ4v) is 2.85. The van der Waals surface area contributed by atoms with E-state index in [4.69, 9.17) is 0 Å². The summed E-state index contributed by atoms with van der Waals surface area (Å²) in [7, 11) is -14.8. The van der Waals surface area contributed by atoms with Crippen LogP contribution in [0.1, 0.15) is 0 Å². The maximum atomic E-state index is 12.5. The van der Waals surface area contributed by atoms with Crippen LogP contribution in [0.4, 0.5) is 46.3 Å². The molecule has 2 aromatic heterocycles. The second-order valence-corrected chi connectivity index (χ2v) is 11.7. The van der Waals surface area contributed by atoms with Gasteiger partial charge in [0, 0.05) is 22.8 Å². The maximum absolute atomic E-state index is 12.5. The first-order chi connectivity index (χ1) is 12.8. The molecule has 0 aliphatic heterocycles. The Bertz CT molecular complexity index is 915. The van der Waals surface area contributed by atoms with Gasteiger partial charge in [0.25, 0.3) is 20.4 Å². The van der Waals surface area contributed by atoms with E-state index in [-0.39, 0.29) is 24.5 Å². The van der Waals surface area contributed by atoms with Gasteiger partial charge in [0.05, 0.1) is 9.85 Å². The molecule has 0 unspecified atom stereocenters. The lowest BCUT2D eigenvalue weighted by Crippen LogP contribution is -2.08. The average Bonchev–Trinajstić information content (AvgIpc) is 2.51. The van der Waals surface area contributed by atoms with Crippen LogP contribution in [-0.4, -0.2) is 19.8 Å². The normalized spacial score (nSPS) is 16.6. The average molecular weight is 517 g/mol. The number of pyridine rings is 2. The second-order valence-electron chi connectivity index (χ2n) is 5.16. The van der Waals surface area contributed by atoms with E-state index in [0.717, 1.165) is 0 Å². The van der Waals surface area contributed by atoms with Gasteiger partial charge in [-0.25, -0.2) is 9.97 Å². The van der Waals surface area contributed by atoms with Gasteiger partial charge in [-0.1, -0.05) is 19.4 Å². The summed E-state index contributed by atoms with van der Waals surface area (Å²) >= 11 is 0. The van der Waals surface area contributed by atoms with Crippen LogP contribution >= 0.6 is 30.0 Å². The number of hydrogen-bond acceptors (Lipinski definition) is 6. The van der Waals surface area contributed by atoms with E-state index < -0.39 is 50.5 Å². The van der Waals surface area contributed by atoms with E-state index in [1.165, 1.54) is 0 Å². The van der Waals surface area contributed by atoms with Gasteiger partial charge < -0.3 is 0 Å². The zero-order valence-electron chi connectivity index (χ0n) is 13.5. The molecule has 0 fully saturated rings. The Labute approximate surface area is 163 Å². The van der Waals surface area contributed by atoms with Crippen molar-refractivity contribution in [3.8, 4) is 0 Å². The highest BCUT2D eigenvalue weighted by molar-refractivity contribution is 8.65. The van der Waals surface area contributed by atoms with Gasteiger partial charge in [0.1, 0.15) is 12.4 Å². The number of aromatic nitrogens is 2. The SMILES string of the molecule is O=[N+]([O-])c1ccc(S(F)(F)(F)(F)Cl)nc1.O=[N+]([O-])c1ccc(S(F)(F)(F)(F)F)nc1. The minimum Gasteiger partial charge on any atom is -0.258 e. The molecule has 0 atom stereocenters. The summed E-state index contributed by atoms with van der Waals surface area (Å²) in [6.45, 7) is 0. The first kappa shape index (κ1) is 25.5. The summed E-state index contributed by atoms with van der Waals surface area (Å²) in [4.78, 5) is 23.1. The van der Waals surface area contributed by atoms with Gasteiger partial charge in [0.2, 0.25) is 0 Å². The van der Waals surface area contributed by atoms with Crippen molar-refractivity contribution >= 4 is 41.3 Å².